The molecule has 0 aliphatic heterocycles. The van der Waals surface area contributed by atoms with Gasteiger partial charge in [0.15, 0.2) is 11.6 Å². The molecule has 0 amide bonds. The lowest BCUT2D eigenvalue weighted by atomic mass is 10.1. The van der Waals surface area contributed by atoms with E-state index in [0.717, 1.165) is 12.1 Å². The molecule has 0 aliphatic rings. The highest BCUT2D eigenvalue weighted by Crippen LogP contribution is 2.55. The molecular weight excluding hydrogens is 331 g/mol. The first kappa shape index (κ1) is 19.0. The van der Waals surface area contributed by atoms with Gasteiger partial charge in [-0.2, -0.15) is 0 Å². The van der Waals surface area contributed by atoms with E-state index in [2.05, 4.69) is 0 Å². The summed E-state index contributed by atoms with van der Waals surface area (Å²) in [5.41, 5.74) is 4.36. The number of aliphatic hydroxyl groups excluding tert-OH is 1. The summed E-state index contributed by atoms with van der Waals surface area (Å²) in [4.78, 5) is 30.4. The lowest BCUT2D eigenvalue weighted by molar-refractivity contribution is -0.386. The van der Waals surface area contributed by atoms with Crippen molar-refractivity contribution in [2.24, 2.45) is 5.73 Å². The number of carboxylic acids is 1. The van der Waals surface area contributed by atoms with Crippen molar-refractivity contribution < 1.29 is 34.5 Å². The zero-order valence-electron chi connectivity index (χ0n) is 12.1. The van der Waals surface area contributed by atoms with Gasteiger partial charge in [-0.3, -0.25) is 19.5 Å². The SMILES string of the molecule is Cc1cc(C(O)P(=O)(O)CC[C@H](N)C(=O)O)cc([N+](=O)[O-])c1O. The van der Waals surface area contributed by atoms with E-state index in [9.17, 15) is 34.6 Å². The fourth-order valence-electron chi connectivity index (χ4n) is 1.88. The van der Waals surface area contributed by atoms with Crippen molar-refractivity contribution in [2.45, 2.75) is 25.2 Å². The Labute approximate surface area is 130 Å². The van der Waals surface area contributed by atoms with Gasteiger partial charge in [-0.1, -0.05) is 0 Å². The first-order valence-corrected chi connectivity index (χ1v) is 8.34. The molecule has 3 atom stereocenters. The zero-order chi connectivity index (χ0) is 17.9. The lowest BCUT2D eigenvalue weighted by Crippen LogP contribution is -2.31. The van der Waals surface area contributed by atoms with E-state index in [4.69, 9.17) is 10.8 Å². The summed E-state index contributed by atoms with van der Waals surface area (Å²) in [5.74, 6) is -3.91. The summed E-state index contributed by atoms with van der Waals surface area (Å²) >= 11 is 0. The number of nitrogens with two attached hydrogens (primary N) is 1. The number of aliphatic hydroxyl groups is 1. The molecule has 0 fully saturated rings. The number of phenols is 1. The number of nitro benzene ring substituents is 1. The van der Waals surface area contributed by atoms with Gasteiger partial charge in [0.1, 0.15) is 6.04 Å². The van der Waals surface area contributed by atoms with Crippen molar-refractivity contribution in [1.29, 1.82) is 0 Å². The number of aromatic hydroxyl groups is 1. The Kier molecular flexibility index (Phi) is 5.84. The number of hydrogen-bond donors (Lipinski definition) is 5. The molecule has 23 heavy (non-hydrogen) atoms. The van der Waals surface area contributed by atoms with Gasteiger partial charge in [-0.15, -0.1) is 0 Å². The molecule has 6 N–H and O–H groups in total. The molecule has 128 valence electrons. The predicted molar refractivity (Wildman–Crippen MR) is 79.4 cm³/mol. The van der Waals surface area contributed by atoms with Crippen LogP contribution in [0.1, 0.15) is 23.4 Å². The Hall–Kier alpha value is -2.00. The summed E-state index contributed by atoms with van der Waals surface area (Å²) < 4.78 is 12.1. The van der Waals surface area contributed by atoms with Gasteiger partial charge in [0.25, 0.3) is 0 Å². The molecule has 0 radical (unpaired) electrons. The quantitative estimate of drug-likeness (QED) is 0.268. The number of carbonyl (C=O) groups is 1. The molecule has 2 unspecified atom stereocenters. The number of aryl methyl sites for hydroxylation is 1. The number of rotatable bonds is 7. The first-order valence-electron chi connectivity index (χ1n) is 6.43. The molecule has 0 aromatic heterocycles. The summed E-state index contributed by atoms with van der Waals surface area (Å²) in [7, 11) is -4.28. The normalized spacial score (nSPS) is 16.3. The van der Waals surface area contributed by atoms with Crippen LogP contribution in [0.25, 0.3) is 0 Å². The Morgan fingerprint density at radius 3 is 2.52 bits per heavy atom. The zero-order valence-corrected chi connectivity index (χ0v) is 13.0. The molecule has 10 nitrogen and oxygen atoms in total. The standard InChI is InChI=1S/C12H17N2O8P/c1-6-4-7(5-9(10(6)15)14(19)20)12(18)23(21,22)3-2-8(13)11(16)17/h4-5,8,12,15,18H,2-3,13H2,1H3,(H,16,17)(H,21,22)/t8-,12?/m0/s1. The number of benzene rings is 1. The third-order valence-electron chi connectivity index (χ3n) is 3.26. The van der Waals surface area contributed by atoms with Crippen molar-refractivity contribution in [1.82, 2.24) is 0 Å². The maximum absolute atomic E-state index is 12.1. The molecular formula is C12H17N2O8P. The second-order valence-electron chi connectivity index (χ2n) is 5.05. The maximum atomic E-state index is 12.1. The molecule has 1 rings (SSSR count). The van der Waals surface area contributed by atoms with E-state index in [0.29, 0.717) is 0 Å². The fourth-order valence-corrected chi connectivity index (χ4v) is 3.39. The van der Waals surface area contributed by atoms with Gasteiger partial charge < -0.3 is 25.9 Å². The average molecular weight is 348 g/mol. The largest absolute Gasteiger partial charge is 0.502 e. The van der Waals surface area contributed by atoms with Crippen LogP contribution < -0.4 is 5.73 Å². The van der Waals surface area contributed by atoms with Crippen LogP contribution in [0.3, 0.4) is 0 Å². The molecule has 0 saturated heterocycles. The average Bonchev–Trinajstić information content (AvgIpc) is 2.46. The van der Waals surface area contributed by atoms with Gasteiger partial charge in [0.2, 0.25) is 7.37 Å². The molecule has 0 aliphatic carbocycles. The van der Waals surface area contributed by atoms with Crippen molar-refractivity contribution in [3.8, 4) is 5.75 Å². The minimum absolute atomic E-state index is 0.0514. The third-order valence-corrected chi connectivity index (χ3v) is 5.22. The van der Waals surface area contributed by atoms with Crippen LogP contribution in [-0.2, 0) is 9.36 Å². The summed E-state index contributed by atoms with van der Waals surface area (Å²) in [6, 6.07) is 0.582. The fraction of sp³-hybridized carbons (Fsp3) is 0.417. The molecule has 1 aromatic carbocycles. The molecule has 0 bridgehead atoms. The lowest BCUT2D eigenvalue weighted by Gasteiger charge is -2.20. The molecule has 1 aromatic rings. The minimum atomic E-state index is -4.28. The number of nitro groups is 1. The Morgan fingerprint density at radius 2 is 2.04 bits per heavy atom. The molecule has 0 heterocycles. The molecule has 0 spiro atoms. The van der Waals surface area contributed by atoms with Gasteiger partial charge in [0.05, 0.1) is 4.92 Å². The Bertz CT molecular complexity index is 677. The number of carboxylic acid groups (broad SMARTS) is 1. The Morgan fingerprint density at radius 1 is 1.48 bits per heavy atom. The number of phenolic OH excluding ortho intramolecular Hbond substituents is 1. The van der Waals surface area contributed by atoms with E-state index >= 15 is 0 Å². The van der Waals surface area contributed by atoms with Gasteiger partial charge in [-0.05, 0) is 30.5 Å². The minimum Gasteiger partial charge on any atom is -0.502 e. The highest BCUT2D eigenvalue weighted by atomic mass is 31.2. The van der Waals surface area contributed by atoms with E-state index in [1.165, 1.54) is 6.92 Å². The number of aliphatic carboxylic acids is 1. The van der Waals surface area contributed by atoms with Gasteiger partial charge in [-0.25, -0.2) is 0 Å². The van der Waals surface area contributed by atoms with Crippen LogP contribution >= 0.6 is 7.37 Å². The highest BCUT2D eigenvalue weighted by Gasteiger charge is 2.33. The van der Waals surface area contributed by atoms with E-state index in [-0.39, 0.29) is 17.5 Å². The van der Waals surface area contributed by atoms with Crippen LogP contribution in [-0.4, -0.2) is 43.3 Å². The summed E-state index contributed by atoms with van der Waals surface area (Å²) in [6.45, 7) is 1.33. The Balaban J connectivity index is 3.08. The number of nitrogens with zero attached hydrogens (tertiary/aromatic N) is 1. The smallest absolute Gasteiger partial charge is 0.320 e. The van der Waals surface area contributed by atoms with E-state index in [1.807, 2.05) is 0 Å². The van der Waals surface area contributed by atoms with Crippen LogP contribution in [0.5, 0.6) is 5.75 Å². The van der Waals surface area contributed by atoms with E-state index < -0.39 is 47.7 Å². The molecule has 11 heteroatoms. The van der Waals surface area contributed by atoms with Crippen LogP contribution in [0.2, 0.25) is 0 Å². The second kappa shape index (κ2) is 7.05. The van der Waals surface area contributed by atoms with Crippen molar-refractivity contribution in [3.05, 3.63) is 33.4 Å². The summed E-state index contributed by atoms with van der Waals surface area (Å²) in [6.07, 6.45) is -0.922. The monoisotopic (exact) mass is 348 g/mol. The summed E-state index contributed by atoms with van der Waals surface area (Å²) in [5, 5.41) is 39.1. The maximum Gasteiger partial charge on any atom is 0.320 e. The van der Waals surface area contributed by atoms with Gasteiger partial charge >= 0.3 is 11.7 Å². The second-order valence-corrected chi connectivity index (χ2v) is 7.50. The van der Waals surface area contributed by atoms with Gasteiger partial charge in [0, 0.05) is 12.2 Å². The molecule has 0 saturated carbocycles. The third kappa shape index (κ3) is 4.49. The van der Waals surface area contributed by atoms with Crippen LogP contribution in [0.15, 0.2) is 12.1 Å². The van der Waals surface area contributed by atoms with Crippen molar-refractivity contribution in [2.75, 3.05) is 6.16 Å². The first-order chi connectivity index (χ1) is 10.5. The van der Waals surface area contributed by atoms with Crippen LogP contribution in [0, 0.1) is 17.0 Å². The topological polar surface area (TPSA) is 184 Å². The van der Waals surface area contributed by atoms with Crippen molar-refractivity contribution in [3.63, 3.8) is 0 Å². The predicted octanol–water partition coefficient (Wildman–Crippen LogP) is 0.672. The number of hydrogen-bond acceptors (Lipinski definition) is 7. The van der Waals surface area contributed by atoms with E-state index in [1.54, 1.807) is 0 Å². The van der Waals surface area contributed by atoms with Crippen LogP contribution in [0.4, 0.5) is 5.69 Å². The van der Waals surface area contributed by atoms with Crippen molar-refractivity contribution >= 4 is 19.0 Å². The highest BCUT2D eigenvalue weighted by molar-refractivity contribution is 7.58.